The zero-order valence-electron chi connectivity index (χ0n) is 13.5. The van der Waals surface area contributed by atoms with Gasteiger partial charge in [-0.15, -0.1) is 0 Å². The van der Waals surface area contributed by atoms with Gasteiger partial charge >= 0.3 is 0 Å². The first kappa shape index (κ1) is 15.7. The lowest BCUT2D eigenvalue weighted by Crippen LogP contribution is -2.22. The molecule has 4 nitrogen and oxygen atoms in total. The van der Waals surface area contributed by atoms with Crippen LogP contribution in [0.4, 0.5) is 0 Å². The third-order valence-corrected chi connectivity index (χ3v) is 4.15. The minimum atomic E-state index is -0.0904. The van der Waals surface area contributed by atoms with E-state index in [2.05, 4.69) is 0 Å². The molecule has 0 saturated carbocycles. The third-order valence-electron chi connectivity index (χ3n) is 4.15. The fourth-order valence-corrected chi connectivity index (χ4v) is 2.99. The van der Waals surface area contributed by atoms with E-state index in [1.165, 1.54) is 12.4 Å². The van der Waals surface area contributed by atoms with E-state index < -0.39 is 0 Å². The number of pyridine rings is 1. The Morgan fingerprint density at radius 1 is 1.17 bits per heavy atom. The number of allylic oxidation sites excluding steroid dienone is 1. The van der Waals surface area contributed by atoms with Crippen molar-refractivity contribution in [3.8, 4) is 5.69 Å². The van der Waals surface area contributed by atoms with Gasteiger partial charge in [0.15, 0.2) is 0 Å². The molecule has 0 aliphatic heterocycles. The fourth-order valence-electron chi connectivity index (χ4n) is 2.99. The number of rotatable bonds is 4. The lowest BCUT2D eigenvalue weighted by atomic mass is 9.99. The van der Waals surface area contributed by atoms with Crippen LogP contribution in [0, 0.1) is 5.41 Å². The van der Waals surface area contributed by atoms with Crippen LogP contribution in [0.2, 0.25) is 0 Å². The van der Waals surface area contributed by atoms with Gasteiger partial charge in [-0.1, -0.05) is 43.3 Å². The number of nitrogens with zero attached hydrogens (tertiary/aromatic N) is 1. The summed E-state index contributed by atoms with van der Waals surface area (Å²) in [4.78, 5) is 13.3. The molecular weight excluding hydrogens is 298 g/mol. The Hall–Kier alpha value is -3.14. The maximum absolute atomic E-state index is 13.3. The number of hydrogen-bond donors (Lipinski definition) is 2. The maximum Gasteiger partial charge on any atom is 0.263 e. The van der Waals surface area contributed by atoms with Crippen LogP contribution in [0.3, 0.4) is 0 Å². The lowest BCUT2D eigenvalue weighted by molar-refractivity contribution is 0.889. The quantitative estimate of drug-likeness (QED) is 0.723. The zero-order chi connectivity index (χ0) is 17.1. The van der Waals surface area contributed by atoms with Crippen molar-refractivity contribution in [1.29, 1.82) is 5.41 Å². The number of para-hydroxylation sites is 1. The van der Waals surface area contributed by atoms with Crippen molar-refractivity contribution < 1.29 is 0 Å². The van der Waals surface area contributed by atoms with Crippen molar-refractivity contribution in [1.82, 2.24) is 4.57 Å². The van der Waals surface area contributed by atoms with E-state index in [1.807, 2.05) is 61.5 Å². The number of aromatic nitrogens is 1. The summed E-state index contributed by atoms with van der Waals surface area (Å²) in [6.07, 6.45) is 3.28. The third kappa shape index (κ3) is 2.52. The molecule has 2 aromatic carbocycles. The molecule has 0 spiro atoms. The summed E-state index contributed by atoms with van der Waals surface area (Å²) < 4.78 is 1.74. The second-order valence-electron chi connectivity index (χ2n) is 5.50. The van der Waals surface area contributed by atoms with E-state index in [0.29, 0.717) is 16.5 Å². The highest BCUT2D eigenvalue weighted by molar-refractivity contribution is 6.13. The van der Waals surface area contributed by atoms with E-state index >= 15 is 0 Å². The van der Waals surface area contributed by atoms with Crippen LogP contribution >= 0.6 is 0 Å². The van der Waals surface area contributed by atoms with Crippen LogP contribution in [0.1, 0.15) is 18.2 Å². The van der Waals surface area contributed by atoms with Crippen LogP contribution in [-0.2, 0) is 6.42 Å². The maximum atomic E-state index is 13.3. The SMILES string of the molecule is CCc1cc2cccc(/C(C=N)=C/N)c2c(=O)n1-c1ccccc1. The Morgan fingerprint density at radius 3 is 2.54 bits per heavy atom. The molecule has 1 aromatic heterocycles. The van der Waals surface area contributed by atoms with E-state index in [9.17, 15) is 4.79 Å². The first-order chi connectivity index (χ1) is 11.7. The smallest absolute Gasteiger partial charge is 0.263 e. The van der Waals surface area contributed by atoms with E-state index in [-0.39, 0.29) is 5.56 Å². The number of benzene rings is 2. The molecule has 0 fully saturated rings. The highest BCUT2D eigenvalue weighted by Crippen LogP contribution is 2.23. The molecule has 1 heterocycles. The average molecular weight is 317 g/mol. The van der Waals surface area contributed by atoms with Gasteiger partial charge < -0.3 is 11.1 Å². The van der Waals surface area contributed by atoms with Gasteiger partial charge in [-0.3, -0.25) is 9.36 Å². The molecule has 4 heteroatoms. The molecule has 0 amide bonds. The summed E-state index contributed by atoms with van der Waals surface area (Å²) in [5.74, 6) is 0. The Bertz CT molecular complexity index is 985. The van der Waals surface area contributed by atoms with Crippen LogP contribution in [0.15, 0.2) is 65.6 Å². The van der Waals surface area contributed by atoms with Crippen LogP contribution in [-0.4, -0.2) is 10.8 Å². The highest BCUT2D eigenvalue weighted by Gasteiger charge is 2.14. The minimum absolute atomic E-state index is 0.0904. The van der Waals surface area contributed by atoms with Crippen LogP contribution in [0.5, 0.6) is 0 Å². The van der Waals surface area contributed by atoms with Gasteiger partial charge in [0.25, 0.3) is 5.56 Å². The van der Waals surface area contributed by atoms with Crippen molar-refractivity contribution in [2.45, 2.75) is 13.3 Å². The monoisotopic (exact) mass is 317 g/mol. The van der Waals surface area contributed by atoms with Crippen LogP contribution < -0.4 is 11.3 Å². The first-order valence-corrected chi connectivity index (χ1v) is 7.87. The van der Waals surface area contributed by atoms with Crippen molar-refractivity contribution in [3.63, 3.8) is 0 Å². The zero-order valence-corrected chi connectivity index (χ0v) is 13.5. The summed E-state index contributed by atoms with van der Waals surface area (Å²) in [7, 11) is 0. The molecule has 0 aliphatic carbocycles. The molecule has 0 unspecified atom stereocenters. The number of hydrogen-bond acceptors (Lipinski definition) is 3. The average Bonchev–Trinajstić information content (AvgIpc) is 2.63. The molecule has 0 atom stereocenters. The number of fused-ring (bicyclic) bond motifs is 1. The molecule has 0 radical (unpaired) electrons. The molecule has 120 valence electrons. The van der Waals surface area contributed by atoms with Crippen LogP contribution in [0.25, 0.3) is 22.0 Å². The summed E-state index contributed by atoms with van der Waals surface area (Å²) in [6, 6.07) is 17.3. The second-order valence-corrected chi connectivity index (χ2v) is 5.50. The standard InChI is InChI=1S/C20H19N3O/c1-2-16-11-14-7-6-10-18(15(12-21)13-22)19(14)20(24)23(16)17-8-4-3-5-9-17/h3-13,21H,2,22H2,1H3/b15-13+,21-12?. The molecule has 24 heavy (non-hydrogen) atoms. The minimum Gasteiger partial charge on any atom is -0.404 e. The molecule has 3 rings (SSSR count). The van der Waals surface area contributed by atoms with Gasteiger partial charge in [0.2, 0.25) is 0 Å². The summed E-state index contributed by atoms with van der Waals surface area (Å²) >= 11 is 0. The topological polar surface area (TPSA) is 71.9 Å². The van der Waals surface area contributed by atoms with Crippen molar-refractivity contribution >= 4 is 22.6 Å². The molecule has 0 bridgehead atoms. The van der Waals surface area contributed by atoms with Gasteiger partial charge in [-0.05, 0) is 35.6 Å². The molecule has 3 aromatic rings. The van der Waals surface area contributed by atoms with Gasteiger partial charge in [-0.25, -0.2) is 0 Å². The number of nitrogens with two attached hydrogens (primary N) is 1. The van der Waals surface area contributed by atoms with Crippen molar-refractivity contribution in [3.05, 3.63) is 82.4 Å². The normalized spacial score (nSPS) is 11.6. The number of nitrogens with one attached hydrogen (secondary N) is 1. The predicted octanol–water partition coefficient (Wildman–Crippen LogP) is 3.50. The molecular formula is C20H19N3O. The summed E-state index contributed by atoms with van der Waals surface area (Å²) in [6.45, 7) is 2.03. The van der Waals surface area contributed by atoms with Gasteiger partial charge in [0.1, 0.15) is 0 Å². The Morgan fingerprint density at radius 2 is 1.92 bits per heavy atom. The second kappa shape index (κ2) is 6.54. The lowest BCUT2D eigenvalue weighted by Gasteiger charge is -2.15. The molecule has 0 saturated heterocycles. The Balaban J connectivity index is 2.46. The summed E-state index contributed by atoms with van der Waals surface area (Å²) in [5, 5.41) is 9.00. The molecule has 0 aliphatic rings. The van der Waals surface area contributed by atoms with E-state index in [1.54, 1.807) is 4.57 Å². The molecule has 3 N–H and O–H groups in total. The Labute approximate surface area is 140 Å². The highest BCUT2D eigenvalue weighted by atomic mass is 16.1. The number of aryl methyl sites for hydroxylation is 1. The van der Waals surface area contributed by atoms with Crippen molar-refractivity contribution in [2.75, 3.05) is 0 Å². The van der Waals surface area contributed by atoms with Gasteiger partial charge in [0.05, 0.1) is 5.39 Å². The van der Waals surface area contributed by atoms with Crippen molar-refractivity contribution in [2.24, 2.45) is 5.73 Å². The Kier molecular flexibility index (Phi) is 4.29. The largest absolute Gasteiger partial charge is 0.404 e. The van der Waals surface area contributed by atoms with E-state index in [4.69, 9.17) is 11.1 Å². The van der Waals surface area contributed by atoms with Gasteiger partial charge in [-0.2, -0.15) is 0 Å². The first-order valence-electron chi connectivity index (χ1n) is 7.87. The van der Waals surface area contributed by atoms with Gasteiger partial charge in [0, 0.05) is 29.4 Å². The van der Waals surface area contributed by atoms with E-state index in [0.717, 1.165) is 23.2 Å². The summed E-state index contributed by atoms with van der Waals surface area (Å²) in [5.41, 5.74) is 8.55. The predicted molar refractivity (Wildman–Crippen MR) is 99.9 cm³/mol. The fraction of sp³-hybridized carbons (Fsp3) is 0.100.